The SMILES string of the molecule is CC(C)CS(=O)(=O)CCCCCBr. The van der Waals surface area contributed by atoms with Crippen LogP contribution in [0.25, 0.3) is 0 Å². The van der Waals surface area contributed by atoms with Crippen molar-refractivity contribution < 1.29 is 8.42 Å². The van der Waals surface area contributed by atoms with Crippen LogP contribution in [0.2, 0.25) is 0 Å². The van der Waals surface area contributed by atoms with Crippen molar-refractivity contribution in [1.29, 1.82) is 0 Å². The lowest BCUT2D eigenvalue weighted by Crippen LogP contribution is -2.15. The lowest BCUT2D eigenvalue weighted by atomic mass is 10.3. The van der Waals surface area contributed by atoms with Crippen LogP contribution in [0.15, 0.2) is 0 Å². The lowest BCUT2D eigenvalue weighted by molar-refractivity contribution is 0.578. The molecule has 0 amide bonds. The molecule has 0 aliphatic heterocycles. The zero-order valence-electron chi connectivity index (χ0n) is 8.42. The fourth-order valence-corrected chi connectivity index (χ4v) is 3.41. The van der Waals surface area contributed by atoms with Crippen molar-refractivity contribution in [2.24, 2.45) is 5.92 Å². The van der Waals surface area contributed by atoms with E-state index in [4.69, 9.17) is 0 Å². The third-order valence-corrected chi connectivity index (χ3v) is 4.32. The van der Waals surface area contributed by atoms with Crippen molar-refractivity contribution in [2.75, 3.05) is 16.8 Å². The Kier molecular flexibility index (Phi) is 7.05. The molecule has 4 heteroatoms. The first-order valence-electron chi connectivity index (χ1n) is 4.74. The summed E-state index contributed by atoms with van der Waals surface area (Å²) in [6.45, 7) is 3.88. The largest absolute Gasteiger partial charge is 0.229 e. The molecule has 0 spiro atoms. The Balaban J connectivity index is 3.64. The summed E-state index contributed by atoms with van der Waals surface area (Å²) in [4.78, 5) is 0. The average molecular weight is 271 g/mol. The van der Waals surface area contributed by atoms with Crippen LogP contribution >= 0.6 is 15.9 Å². The van der Waals surface area contributed by atoms with Gasteiger partial charge in [-0.15, -0.1) is 0 Å². The third kappa shape index (κ3) is 8.75. The quantitative estimate of drug-likeness (QED) is 0.527. The van der Waals surface area contributed by atoms with Crippen LogP contribution in [0.1, 0.15) is 33.1 Å². The van der Waals surface area contributed by atoms with E-state index in [9.17, 15) is 8.42 Å². The molecule has 13 heavy (non-hydrogen) atoms. The van der Waals surface area contributed by atoms with Gasteiger partial charge in [0.2, 0.25) is 0 Å². The second-order valence-electron chi connectivity index (χ2n) is 3.76. The van der Waals surface area contributed by atoms with Crippen molar-refractivity contribution in [3.8, 4) is 0 Å². The maximum Gasteiger partial charge on any atom is 0.150 e. The highest BCUT2D eigenvalue weighted by Gasteiger charge is 2.11. The van der Waals surface area contributed by atoms with E-state index in [1.54, 1.807) is 0 Å². The highest BCUT2D eigenvalue weighted by molar-refractivity contribution is 9.09. The van der Waals surface area contributed by atoms with Gasteiger partial charge in [0, 0.05) is 5.33 Å². The summed E-state index contributed by atoms with van der Waals surface area (Å²) in [5, 5.41) is 0.969. The van der Waals surface area contributed by atoms with Crippen LogP contribution in [0.5, 0.6) is 0 Å². The number of unbranched alkanes of at least 4 members (excludes halogenated alkanes) is 2. The molecule has 0 fully saturated rings. The van der Waals surface area contributed by atoms with Crippen molar-refractivity contribution in [3.63, 3.8) is 0 Å². The molecule has 0 aromatic rings. The Hall–Kier alpha value is 0.430. The Bertz CT molecular complexity index is 210. The maximum absolute atomic E-state index is 11.4. The summed E-state index contributed by atoms with van der Waals surface area (Å²) < 4.78 is 22.8. The predicted molar refractivity (Wildman–Crippen MR) is 61.1 cm³/mol. The molecule has 80 valence electrons. The van der Waals surface area contributed by atoms with Gasteiger partial charge in [-0.2, -0.15) is 0 Å². The van der Waals surface area contributed by atoms with Crippen molar-refractivity contribution in [3.05, 3.63) is 0 Å². The molecule has 0 aromatic heterocycles. The van der Waals surface area contributed by atoms with E-state index in [1.165, 1.54) is 0 Å². The van der Waals surface area contributed by atoms with E-state index in [0.29, 0.717) is 11.5 Å². The summed E-state index contributed by atoms with van der Waals surface area (Å²) >= 11 is 3.32. The molecular formula is C9H19BrO2S. The van der Waals surface area contributed by atoms with Crippen LogP contribution in [-0.4, -0.2) is 25.3 Å². The molecule has 0 rings (SSSR count). The molecule has 0 aromatic carbocycles. The number of sulfone groups is 1. The summed E-state index contributed by atoms with van der Waals surface area (Å²) in [7, 11) is -2.78. The molecule has 0 heterocycles. The molecule has 0 bridgehead atoms. The van der Waals surface area contributed by atoms with E-state index < -0.39 is 9.84 Å². The first-order chi connectivity index (χ1) is 5.98. The van der Waals surface area contributed by atoms with Gasteiger partial charge in [0.05, 0.1) is 11.5 Å². The van der Waals surface area contributed by atoms with Gasteiger partial charge < -0.3 is 0 Å². The second-order valence-corrected chi connectivity index (χ2v) is 6.78. The van der Waals surface area contributed by atoms with Gasteiger partial charge in [0.1, 0.15) is 0 Å². The van der Waals surface area contributed by atoms with E-state index in [1.807, 2.05) is 13.8 Å². The molecule has 0 saturated carbocycles. The normalized spacial score (nSPS) is 12.3. The Morgan fingerprint density at radius 3 is 2.23 bits per heavy atom. The molecule has 0 aliphatic carbocycles. The zero-order chi connectivity index (χ0) is 10.3. The molecule has 2 nitrogen and oxygen atoms in total. The number of hydrogen-bond donors (Lipinski definition) is 0. The molecule has 0 N–H and O–H groups in total. The second kappa shape index (κ2) is 6.82. The number of rotatable bonds is 7. The topological polar surface area (TPSA) is 34.1 Å². The highest BCUT2D eigenvalue weighted by atomic mass is 79.9. The maximum atomic E-state index is 11.4. The van der Waals surface area contributed by atoms with Gasteiger partial charge in [-0.3, -0.25) is 0 Å². The minimum Gasteiger partial charge on any atom is -0.229 e. The van der Waals surface area contributed by atoms with Crippen LogP contribution in [0.3, 0.4) is 0 Å². The monoisotopic (exact) mass is 270 g/mol. The number of alkyl halides is 1. The van der Waals surface area contributed by atoms with E-state index in [-0.39, 0.29) is 5.92 Å². The van der Waals surface area contributed by atoms with Crippen LogP contribution in [-0.2, 0) is 9.84 Å². The van der Waals surface area contributed by atoms with Crippen LogP contribution in [0.4, 0.5) is 0 Å². The predicted octanol–water partition coefficient (Wildman–Crippen LogP) is 2.62. The van der Waals surface area contributed by atoms with Gasteiger partial charge in [-0.1, -0.05) is 36.2 Å². The lowest BCUT2D eigenvalue weighted by Gasteiger charge is -2.05. The zero-order valence-corrected chi connectivity index (χ0v) is 10.8. The smallest absolute Gasteiger partial charge is 0.150 e. The van der Waals surface area contributed by atoms with Gasteiger partial charge in [0.25, 0.3) is 0 Å². The Labute approximate surface area is 90.2 Å². The summed E-state index contributed by atoms with van der Waals surface area (Å²) in [6, 6.07) is 0. The van der Waals surface area contributed by atoms with Gasteiger partial charge in [0.15, 0.2) is 9.84 Å². The molecular weight excluding hydrogens is 252 g/mol. The first-order valence-corrected chi connectivity index (χ1v) is 7.68. The molecule has 0 aliphatic rings. The van der Waals surface area contributed by atoms with Gasteiger partial charge >= 0.3 is 0 Å². The van der Waals surface area contributed by atoms with Crippen LogP contribution < -0.4 is 0 Å². The average Bonchev–Trinajstić information content (AvgIpc) is 1.95. The first kappa shape index (κ1) is 13.4. The summed E-state index contributed by atoms with van der Waals surface area (Å²) in [5.41, 5.74) is 0. The highest BCUT2D eigenvalue weighted by Crippen LogP contribution is 2.05. The van der Waals surface area contributed by atoms with Crippen molar-refractivity contribution in [1.82, 2.24) is 0 Å². The molecule has 0 atom stereocenters. The molecule has 0 saturated heterocycles. The van der Waals surface area contributed by atoms with Gasteiger partial charge in [-0.25, -0.2) is 8.42 Å². The van der Waals surface area contributed by atoms with E-state index >= 15 is 0 Å². The molecule has 0 unspecified atom stereocenters. The van der Waals surface area contributed by atoms with E-state index in [0.717, 1.165) is 24.6 Å². The Morgan fingerprint density at radius 2 is 1.77 bits per heavy atom. The summed E-state index contributed by atoms with van der Waals surface area (Å²) in [6.07, 6.45) is 2.88. The van der Waals surface area contributed by atoms with Crippen molar-refractivity contribution in [2.45, 2.75) is 33.1 Å². The fraction of sp³-hybridized carbons (Fsp3) is 1.00. The number of halogens is 1. The minimum absolute atomic E-state index is 0.251. The third-order valence-electron chi connectivity index (χ3n) is 1.68. The number of hydrogen-bond acceptors (Lipinski definition) is 2. The van der Waals surface area contributed by atoms with Crippen LogP contribution in [0, 0.1) is 5.92 Å². The van der Waals surface area contributed by atoms with E-state index in [2.05, 4.69) is 15.9 Å². The standard InChI is InChI=1S/C9H19BrO2S/c1-9(2)8-13(11,12)7-5-3-4-6-10/h9H,3-8H2,1-2H3. The summed E-state index contributed by atoms with van der Waals surface area (Å²) in [5.74, 6) is 0.945. The minimum atomic E-state index is -2.78. The molecule has 0 radical (unpaired) electrons. The Morgan fingerprint density at radius 1 is 1.15 bits per heavy atom. The van der Waals surface area contributed by atoms with Gasteiger partial charge in [-0.05, 0) is 18.8 Å². The fourth-order valence-electron chi connectivity index (χ4n) is 1.18. The van der Waals surface area contributed by atoms with Crippen molar-refractivity contribution >= 4 is 25.8 Å².